The summed E-state index contributed by atoms with van der Waals surface area (Å²) in [6, 6.07) is 0. The number of carboxylic acid groups (broad SMARTS) is 1. The van der Waals surface area contributed by atoms with Gasteiger partial charge in [-0.05, 0) is 18.8 Å². The van der Waals surface area contributed by atoms with Crippen molar-refractivity contribution in [1.82, 2.24) is 5.32 Å². The Morgan fingerprint density at radius 1 is 1.41 bits per heavy atom. The largest absolute Gasteiger partial charge is 0.481 e. The Bertz CT molecular complexity index is 292. The molecule has 0 spiro atoms. The molecule has 1 aliphatic carbocycles. The lowest BCUT2D eigenvalue weighted by molar-refractivity contribution is -0.139. The molecule has 17 heavy (non-hydrogen) atoms. The molecule has 0 aromatic heterocycles. The Labute approximate surface area is 101 Å². The number of hydrogen-bond donors (Lipinski definition) is 3. The fourth-order valence-corrected chi connectivity index (χ4v) is 2.36. The molecule has 1 saturated carbocycles. The van der Waals surface area contributed by atoms with Crippen molar-refractivity contribution in [3.8, 4) is 0 Å². The standard InChI is InChI=1S/C12H21NO4/c1-9-3-2-6-12(17,7-9)8-13-10(14)4-5-11(15)16/h9,17H,2-8H2,1H3,(H,13,14)(H,15,16). The van der Waals surface area contributed by atoms with E-state index in [1.807, 2.05) is 0 Å². The van der Waals surface area contributed by atoms with E-state index in [1.165, 1.54) is 0 Å². The van der Waals surface area contributed by atoms with Gasteiger partial charge >= 0.3 is 5.97 Å². The molecule has 0 bridgehead atoms. The molecular weight excluding hydrogens is 222 g/mol. The van der Waals surface area contributed by atoms with E-state index >= 15 is 0 Å². The minimum Gasteiger partial charge on any atom is -0.481 e. The van der Waals surface area contributed by atoms with E-state index in [-0.39, 0.29) is 25.3 Å². The third-order valence-electron chi connectivity index (χ3n) is 3.25. The molecular formula is C12H21NO4. The summed E-state index contributed by atoms with van der Waals surface area (Å²) in [7, 11) is 0. The number of carbonyl (C=O) groups is 2. The predicted molar refractivity (Wildman–Crippen MR) is 62.5 cm³/mol. The van der Waals surface area contributed by atoms with Crippen LogP contribution in [0.15, 0.2) is 0 Å². The maximum atomic E-state index is 11.3. The van der Waals surface area contributed by atoms with Crippen LogP contribution in [-0.4, -0.2) is 34.2 Å². The summed E-state index contributed by atoms with van der Waals surface area (Å²) < 4.78 is 0. The van der Waals surface area contributed by atoms with Gasteiger partial charge in [0, 0.05) is 13.0 Å². The molecule has 0 radical (unpaired) electrons. The summed E-state index contributed by atoms with van der Waals surface area (Å²) in [6.07, 6.45) is 3.31. The number of aliphatic hydroxyl groups is 1. The summed E-state index contributed by atoms with van der Waals surface area (Å²) in [5, 5.41) is 21.3. The van der Waals surface area contributed by atoms with E-state index in [2.05, 4.69) is 12.2 Å². The predicted octanol–water partition coefficient (Wildman–Crippen LogP) is 0.909. The van der Waals surface area contributed by atoms with Crippen molar-refractivity contribution < 1.29 is 19.8 Å². The minimum absolute atomic E-state index is 0.0268. The molecule has 1 fully saturated rings. The van der Waals surface area contributed by atoms with Gasteiger partial charge in [0.15, 0.2) is 0 Å². The van der Waals surface area contributed by atoms with Crippen LogP contribution in [0.4, 0.5) is 0 Å². The Kier molecular flexibility index (Phi) is 4.93. The molecule has 0 saturated heterocycles. The molecule has 5 nitrogen and oxygen atoms in total. The van der Waals surface area contributed by atoms with Gasteiger partial charge in [-0.1, -0.05) is 19.8 Å². The van der Waals surface area contributed by atoms with Crippen molar-refractivity contribution in [3.63, 3.8) is 0 Å². The molecule has 0 aromatic carbocycles. The molecule has 3 N–H and O–H groups in total. The van der Waals surface area contributed by atoms with Crippen LogP contribution in [0.25, 0.3) is 0 Å². The fraction of sp³-hybridized carbons (Fsp3) is 0.833. The van der Waals surface area contributed by atoms with Gasteiger partial charge in [-0.15, -0.1) is 0 Å². The molecule has 0 aliphatic heterocycles. The SMILES string of the molecule is CC1CCCC(O)(CNC(=O)CCC(=O)O)C1. The lowest BCUT2D eigenvalue weighted by atomic mass is 9.79. The number of carboxylic acids is 1. The van der Waals surface area contributed by atoms with E-state index in [1.54, 1.807) is 0 Å². The second-order valence-electron chi connectivity index (χ2n) is 5.10. The second kappa shape index (κ2) is 6.00. The lowest BCUT2D eigenvalue weighted by Gasteiger charge is -2.35. The summed E-state index contributed by atoms with van der Waals surface area (Å²) in [4.78, 5) is 21.6. The third kappa shape index (κ3) is 5.17. The smallest absolute Gasteiger partial charge is 0.303 e. The van der Waals surface area contributed by atoms with Gasteiger partial charge in [0.05, 0.1) is 12.0 Å². The Hall–Kier alpha value is -1.10. The highest BCUT2D eigenvalue weighted by Gasteiger charge is 2.32. The Morgan fingerprint density at radius 3 is 2.71 bits per heavy atom. The first-order chi connectivity index (χ1) is 7.91. The van der Waals surface area contributed by atoms with Crippen molar-refractivity contribution >= 4 is 11.9 Å². The van der Waals surface area contributed by atoms with Gasteiger partial charge in [0.2, 0.25) is 5.91 Å². The second-order valence-corrected chi connectivity index (χ2v) is 5.10. The number of hydrogen-bond acceptors (Lipinski definition) is 3. The summed E-state index contributed by atoms with van der Waals surface area (Å²) in [6.45, 7) is 2.33. The van der Waals surface area contributed by atoms with Crippen LogP contribution < -0.4 is 5.32 Å². The van der Waals surface area contributed by atoms with E-state index in [0.29, 0.717) is 18.8 Å². The summed E-state index contributed by atoms with van der Waals surface area (Å²) >= 11 is 0. The number of rotatable bonds is 5. The van der Waals surface area contributed by atoms with E-state index in [4.69, 9.17) is 5.11 Å². The van der Waals surface area contributed by atoms with Crippen LogP contribution in [0, 0.1) is 5.92 Å². The van der Waals surface area contributed by atoms with Crippen LogP contribution in [0.3, 0.4) is 0 Å². The van der Waals surface area contributed by atoms with Gasteiger partial charge in [-0.3, -0.25) is 9.59 Å². The molecule has 2 atom stereocenters. The zero-order valence-corrected chi connectivity index (χ0v) is 10.2. The molecule has 5 heteroatoms. The highest BCUT2D eigenvalue weighted by molar-refractivity contribution is 5.80. The van der Waals surface area contributed by atoms with Gasteiger partial charge in [-0.25, -0.2) is 0 Å². The average molecular weight is 243 g/mol. The molecule has 1 aliphatic rings. The van der Waals surface area contributed by atoms with Crippen molar-refractivity contribution in [1.29, 1.82) is 0 Å². The first-order valence-corrected chi connectivity index (χ1v) is 6.12. The van der Waals surface area contributed by atoms with E-state index in [0.717, 1.165) is 12.8 Å². The first kappa shape index (κ1) is 14.0. The highest BCUT2D eigenvalue weighted by Crippen LogP contribution is 2.31. The molecule has 98 valence electrons. The topological polar surface area (TPSA) is 86.6 Å². The van der Waals surface area contributed by atoms with Crippen molar-refractivity contribution in [2.24, 2.45) is 5.92 Å². The zero-order chi connectivity index (χ0) is 12.9. The molecule has 1 amide bonds. The molecule has 1 rings (SSSR count). The minimum atomic E-state index is -0.981. The maximum absolute atomic E-state index is 11.3. The first-order valence-electron chi connectivity index (χ1n) is 6.12. The monoisotopic (exact) mass is 243 g/mol. The van der Waals surface area contributed by atoms with Crippen LogP contribution in [0.1, 0.15) is 45.4 Å². The average Bonchev–Trinajstić information content (AvgIpc) is 2.23. The van der Waals surface area contributed by atoms with Crippen LogP contribution in [-0.2, 0) is 9.59 Å². The fourth-order valence-electron chi connectivity index (χ4n) is 2.36. The van der Waals surface area contributed by atoms with Crippen molar-refractivity contribution in [3.05, 3.63) is 0 Å². The quantitative estimate of drug-likeness (QED) is 0.670. The third-order valence-corrected chi connectivity index (χ3v) is 3.25. The van der Waals surface area contributed by atoms with Gasteiger partial charge in [-0.2, -0.15) is 0 Å². The van der Waals surface area contributed by atoms with Crippen molar-refractivity contribution in [2.75, 3.05) is 6.54 Å². The zero-order valence-electron chi connectivity index (χ0n) is 10.2. The summed E-state index contributed by atoms with van der Waals surface area (Å²) in [5.41, 5.74) is -0.809. The number of carbonyl (C=O) groups excluding carboxylic acids is 1. The number of nitrogens with one attached hydrogen (secondary N) is 1. The molecule has 0 aromatic rings. The van der Waals surface area contributed by atoms with E-state index in [9.17, 15) is 14.7 Å². The van der Waals surface area contributed by atoms with Gasteiger partial charge in [0.25, 0.3) is 0 Å². The Balaban J connectivity index is 2.28. The van der Waals surface area contributed by atoms with Crippen molar-refractivity contribution in [2.45, 2.75) is 51.0 Å². The van der Waals surface area contributed by atoms with E-state index < -0.39 is 11.6 Å². The summed E-state index contributed by atoms with van der Waals surface area (Å²) in [5.74, 6) is -0.811. The normalized spacial score (nSPS) is 28.7. The maximum Gasteiger partial charge on any atom is 0.303 e. The highest BCUT2D eigenvalue weighted by atomic mass is 16.4. The van der Waals surface area contributed by atoms with Crippen LogP contribution in [0.2, 0.25) is 0 Å². The van der Waals surface area contributed by atoms with Crippen LogP contribution >= 0.6 is 0 Å². The Morgan fingerprint density at radius 2 is 2.12 bits per heavy atom. The molecule has 0 heterocycles. The lowest BCUT2D eigenvalue weighted by Crippen LogP contribution is -2.45. The van der Waals surface area contributed by atoms with Gasteiger partial charge in [0.1, 0.15) is 0 Å². The number of amides is 1. The van der Waals surface area contributed by atoms with Gasteiger partial charge < -0.3 is 15.5 Å². The molecule has 2 unspecified atom stereocenters. The number of aliphatic carboxylic acids is 1. The van der Waals surface area contributed by atoms with Crippen LogP contribution in [0.5, 0.6) is 0 Å².